The normalized spacial score (nSPS) is 20.2. The summed E-state index contributed by atoms with van der Waals surface area (Å²) in [6, 6.07) is 13.3. The summed E-state index contributed by atoms with van der Waals surface area (Å²) in [5.74, 6) is 1.48. The maximum Gasteiger partial charge on any atom is 0.191 e. The van der Waals surface area contributed by atoms with Crippen molar-refractivity contribution in [1.82, 2.24) is 10.6 Å². The average molecular weight is 492 g/mol. The van der Waals surface area contributed by atoms with Crippen molar-refractivity contribution in [2.75, 3.05) is 7.05 Å². The molecule has 6 heteroatoms. The smallest absolute Gasteiger partial charge is 0.191 e. The van der Waals surface area contributed by atoms with Crippen LogP contribution in [0.5, 0.6) is 0 Å². The summed E-state index contributed by atoms with van der Waals surface area (Å²) in [6.45, 7) is 0.826. The zero-order valence-electron chi connectivity index (χ0n) is 12.3. The Labute approximate surface area is 160 Å². The molecule has 2 N–H and O–H groups in total. The molecule has 1 fully saturated rings. The van der Waals surface area contributed by atoms with Crippen LogP contribution in [0.15, 0.2) is 51.2 Å². The molecule has 2 aromatic rings. The molecule has 22 heavy (non-hydrogen) atoms. The van der Waals surface area contributed by atoms with Gasteiger partial charge in [-0.15, -0.1) is 35.3 Å². The fourth-order valence-corrected chi connectivity index (χ4v) is 3.30. The van der Waals surface area contributed by atoms with E-state index < -0.39 is 0 Å². The highest BCUT2D eigenvalue weighted by molar-refractivity contribution is 14.0. The molecule has 118 valence electrons. The number of thiophene rings is 1. The van der Waals surface area contributed by atoms with Gasteiger partial charge < -0.3 is 10.6 Å². The third kappa shape index (κ3) is 4.70. The molecule has 1 aliphatic carbocycles. The number of nitrogens with one attached hydrogen (secondary N) is 2. The molecule has 3 nitrogen and oxygen atoms in total. The second-order valence-electron chi connectivity index (χ2n) is 5.15. The third-order valence-electron chi connectivity index (χ3n) is 3.64. The Hall–Kier alpha value is -0.600. The molecule has 2 atom stereocenters. The molecule has 2 unspecified atom stereocenters. The lowest BCUT2D eigenvalue weighted by molar-refractivity contribution is 0.794. The molecule has 0 bridgehead atoms. The zero-order valence-corrected chi connectivity index (χ0v) is 17.0. The lowest BCUT2D eigenvalue weighted by atomic mass is 10.1. The SMILES string of the molecule is CN=C(NCc1cccs1)NC1CC1c1ccc(Br)cc1.I. The van der Waals surface area contributed by atoms with Gasteiger partial charge in [0.2, 0.25) is 0 Å². The van der Waals surface area contributed by atoms with E-state index in [1.807, 2.05) is 7.05 Å². The monoisotopic (exact) mass is 491 g/mol. The molecule has 0 radical (unpaired) electrons. The maximum atomic E-state index is 4.30. The van der Waals surface area contributed by atoms with Gasteiger partial charge >= 0.3 is 0 Å². The first-order chi connectivity index (χ1) is 10.3. The van der Waals surface area contributed by atoms with Gasteiger partial charge in [-0.05, 0) is 35.6 Å². The number of guanidine groups is 1. The van der Waals surface area contributed by atoms with Crippen molar-refractivity contribution in [2.45, 2.75) is 24.9 Å². The van der Waals surface area contributed by atoms with Crippen LogP contribution in [0.2, 0.25) is 0 Å². The molecule has 1 aliphatic rings. The Morgan fingerprint density at radius 3 is 2.73 bits per heavy atom. The minimum absolute atomic E-state index is 0. The summed E-state index contributed by atoms with van der Waals surface area (Å²) in [7, 11) is 1.82. The Bertz CT molecular complexity index is 613. The predicted molar refractivity (Wildman–Crippen MR) is 108 cm³/mol. The van der Waals surface area contributed by atoms with Crippen LogP contribution in [0, 0.1) is 0 Å². The Balaban J connectivity index is 0.00000176. The minimum Gasteiger partial charge on any atom is -0.353 e. The lowest BCUT2D eigenvalue weighted by Crippen LogP contribution is -2.38. The van der Waals surface area contributed by atoms with Crippen molar-refractivity contribution in [3.8, 4) is 0 Å². The first kappa shape index (κ1) is 17.7. The fraction of sp³-hybridized carbons (Fsp3) is 0.312. The van der Waals surface area contributed by atoms with Crippen LogP contribution in [0.25, 0.3) is 0 Å². The number of hydrogen-bond donors (Lipinski definition) is 2. The van der Waals surface area contributed by atoms with Crippen LogP contribution in [0.4, 0.5) is 0 Å². The highest BCUT2D eigenvalue weighted by Crippen LogP contribution is 2.40. The van der Waals surface area contributed by atoms with E-state index >= 15 is 0 Å². The van der Waals surface area contributed by atoms with Gasteiger partial charge in [0, 0.05) is 28.4 Å². The van der Waals surface area contributed by atoms with E-state index in [-0.39, 0.29) is 24.0 Å². The molecule has 0 saturated heterocycles. The van der Waals surface area contributed by atoms with E-state index in [0.29, 0.717) is 12.0 Å². The number of aliphatic imine (C=N–C) groups is 1. The Kier molecular flexibility index (Phi) is 6.70. The van der Waals surface area contributed by atoms with Crippen molar-refractivity contribution in [3.05, 3.63) is 56.7 Å². The highest BCUT2D eigenvalue weighted by atomic mass is 127. The van der Waals surface area contributed by atoms with Crippen molar-refractivity contribution < 1.29 is 0 Å². The van der Waals surface area contributed by atoms with Gasteiger partial charge in [-0.25, -0.2) is 0 Å². The standard InChI is InChI=1S/C16H18BrN3S.HI/c1-18-16(19-10-13-3-2-8-21-13)20-15-9-14(15)11-4-6-12(17)7-5-11;/h2-8,14-15H,9-10H2,1H3,(H2,18,19,20);1H. The minimum atomic E-state index is 0. The van der Waals surface area contributed by atoms with Crippen LogP contribution in [-0.4, -0.2) is 19.0 Å². The molecule has 1 heterocycles. The van der Waals surface area contributed by atoms with Crippen LogP contribution >= 0.6 is 51.2 Å². The van der Waals surface area contributed by atoms with Crippen molar-refractivity contribution in [1.29, 1.82) is 0 Å². The van der Waals surface area contributed by atoms with Crippen LogP contribution in [-0.2, 0) is 6.54 Å². The number of halogens is 2. The molecule has 1 aromatic heterocycles. The quantitative estimate of drug-likeness (QED) is 0.379. The average Bonchev–Trinajstić information content (AvgIpc) is 3.06. The van der Waals surface area contributed by atoms with E-state index in [1.54, 1.807) is 11.3 Å². The van der Waals surface area contributed by atoms with E-state index in [1.165, 1.54) is 16.9 Å². The van der Waals surface area contributed by atoms with E-state index in [2.05, 4.69) is 73.3 Å². The second-order valence-corrected chi connectivity index (χ2v) is 7.10. The summed E-state index contributed by atoms with van der Waals surface area (Å²) in [6.07, 6.45) is 1.17. The number of rotatable bonds is 4. The molecule has 1 saturated carbocycles. The third-order valence-corrected chi connectivity index (χ3v) is 5.05. The van der Waals surface area contributed by atoms with Crippen LogP contribution in [0.3, 0.4) is 0 Å². The lowest BCUT2D eigenvalue weighted by Gasteiger charge is -2.11. The van der Waals surface area contributed by atoms with Gasteiger partial charge in [-0.1, -0.05) is 34.1 Å². The highest BCUT2D eigenvalue weighted by Gasteiger charge is 2.38. The Morgan fingerprint density at radius 2 is 2.09 bits per heavy atom. The van der Waals surface area contributed by atoms with Crippen molar-refractivity contribution >= 4 is 57.2 Å². The molecule has 0 amide bonds. The summed E-state index contributed by atoms with van der Waals surface area (Å²) >= 11 is 5.24. The molecular weight excluding hydrogens is 473 g/mol. The second kappa shape index (κ2) is 8.31. The van der Waals surface area contributed by atoms with Gasteiger partial charge in [0.1, 0.15) is 0 Å². The van der Waals surface area contributed by atoms with Gasteiger partial charge in [0.15, 0.2) is 5.96 Å². The number of benzene rings is 1. The largest absolute Gasteiger partial charge is 0.353 e. The van der Waals surface area contributed by atoms with E-state index in [4.69, 9.17) is 0 Å². The first-order valence-corrected chi connectivity index (χ1v) is 8.68. The molecule has 3 rings (SSSR count). The van der Waals surface area contributed by atoms with Crippen molar-refractivity contribution in [3.63, 3.8) is 0 Å². The summed E-state index contributed by atoms with van der Waals surface area (Å²) in [5.41, 5.74) is 1.39. The molecular formula is C16H19BrIN3S. The van der Waals surface area contributed by atoms with Crippen molar-refractivity contribution in [2.24, 2.45) is 4.99 Å². The number of nitrogens with zero attached hydrogens (tertiary/aromatic N) is 1. The van der Waals surface area contributed by atoms with Crippen LogP contribution < -0.4 is 10.6 Å². The fourth-order valence-electron chi connectivity index (χ4n) is 2.39. The maximum absolute atomic E-state index is 4.30. The Morgan fingerprint density at radius 1 is 1.32 bits per heavy atom. The summed E-state index contributed by atoms with van der Waals surface area (Å²) in [5, 5.41) is 8.96. The molecule has 0 spiro atoms. The topological polar surface area (TPSA) is 36.4 Å². The number of hydrogen-bond acceptors (Lipinski definition) is 2. The molecule has 1 aromatic carbocycles. The van der Waals surface area contributed by atoms with E-state index in [0.717, 1.165) is 17.0 Å². The zero-order chi connectivity index (χ0) is 14.7. The first-order valence-electron chi connectivity index (χ1n) is 7.01. The molecule has 0 aliphatic heterocycles. The van der Waals surface area contributed by atoms with Crippen LogP contribution in [0.1, 0.15) is 22.8 Å². The predicted octanol–water partition coefficient (Wildman–Crippen LogP) is 4.35. The van der Waals surface area contributed by atoms with Gasteiger partial charge in [-0.2, -0.15) is 0 Å². The van der Waals surface area contributed by atoms with Gasteiger partial charge in [0.05, 0.1) is 6.54 Å². The van der Waals surface area contributed by atoms with Gasteiger partial charge in [-0.3, -0.25) is 4.99 Å². The van der Waals surface area contributed by atoms with Gasteiger partial charge in [0.25, 0.3) is 0 Å². The summed E-state index contributed by atoms with van der Waals surface area (Å²) in [4.78, 5) is 5.62. The summed E-state index contributed by atoms with van der Waals surface area (Å²) < 4.78 is 1.13. The van der Waals surface area contributed by atoms with E-state index in [9.17, 15) is 0 Å².